The Bertz CT molecular complexity index is 157. The van der Waals surface area contributed by atoms with Crippen molar-refractivity contribution in [2.24, 2.45) is 5.92 Å². The molecule has 0 fully saturated rings. The molecular formula is C8H18Na3O5P. The molecule has 0 unspecified atom stereocenters. The zero-order valence-electron chi connectivity index (χ0n) is 11.6. The van der Waals surface area contributed by atoms with Crippen LogP contribution in [0.2, 0.25) is 0 Å². The molecule has 0 aliphatic heterocycles. The number of phosphoric acid groups is 1. The smallest absolute Gasteiger partial charge is 0.822 e. The van der Waals surface area contributed by atoms with Crippen LogP contribution in [0, 0.1) is 5.92 Å². The van der Waals surface area contributed by atoms with E-state index < -0.39 is 7.82 Å². The van der Waals surface area contributed by atoms with Crippen LogP contribution < -0.4 is 103 Å². The first-order valence-corrected chi connectivity index (χ1v) is 6.07. The van der Waals surface area contributed by atoms with Gasteiger partial charge in [0, 0.05) is 6.61 Å². The van der Waals surface area contributed by atoms with E-state index in [0.717, 1.165) is 12.3 Å². The summed E-state index contributed by atoms with van der Waals surface area (Å²) in [4.78, 5) is 25.6. The van der Waals surface area contributed by atoms with Gasteiger partial charge in [0.25, 0.3) is 0 Å². The van der Waals surface area contributed by atoms with Crippen LogP contribution >= 0.6 is 7.82 Å². The number of hydrogen-bond acceptors (Lipinski definition) is 5. The second-order valence-electron chi connectivity index (χ2n) is 3.41. The summed E-state index contributed by atoms with van der Waals surface area (Å²) in [5, 5.41) is 8.43. The van der Waals surface area contributed by atoms with E-state index >= 15 is 0 Å². The van der Waals surface area contributed by atoms with Crippen molar-refractivity contribution in [1.29, 1.82) is 0 Å². The number of unbranched alkanes of at least 4 members (excludes halogenated alkanes) is 2. The van der Waals surface area contributed by atoms with Gasteiger partial charge in [-0.3, -0.25) is 0 Å². The summed E-state index contributed by atoms with van der Waals surface area (Å²) in [7, 11) is -5.39. The Morgan fingerprint density at radius 1 is 1.00 bits per heavy atom. The summed E-state index contributed by atoms with van der Waals surface area (Å²) in [5.41, 5.74) is 0. The summed E-state index contributed by atoms with van der Waals surface area (Å²) < 4.78 is 8.55. The Kier molecular flexibility index (Phi) is 40.4. The molecule has 0 spiro atoms. The molecule has 0 aliphatic rings. The van der Waals surface area contributed by atoms with Gasteiger partial charge in [-0.2, -0.15) is 7.82 Å². The van der Waals surface area contributed by atoms with E-state index in [0.29, 0.717) is 6.61 Å². The molecule has 0 saturated heterocycles. The molecule has 0 heterocycles. The van der Waals surface area contributed by atoms with Gasteiger partial charge in [0.2, 0.25) is 0 Å². The third kappa shape index (κ3) is 67.5. The van der Waals surface area contributed by atoms with Crippen molar-refractivity contribution in [3.8, 4) is 0 Å². The molecule has 88 valence electrons. The van der Waals surface area contributed by atoms with Gasteiger partial charge in [0.15, 0.2) is 0 Å². The zero-order valence-corrected chi connectivity index (χ0v) is 18.5. The maximum atomic E-state index is 8.55. The van der Waals surface area contributed by atoms with Gasteiger partial charge in [-0.25, -0.2) is 0 Å². The summed E-state index contributed by atoms with van der Waals surface area (Å²) >= 11 is 0. The first kappa shape index (κ1) is 32.1. The average Bonchev–Trinajstić information content (AvgIpc) is 1.94. The van der Waals surface area contributed by atoms with Crippen LogP contribution in [0.5, 0.6) is 0 Å². The number of hydrogen-bond donors (Lipinski definition) is 1. The third-order valence-electron chi connectivity index (χ3n) is 1.44. The molecule has 0 bridgehead atoms. The normalized spacial score (nSPS) is 9.12. The first-order chi connectivity index (χ1) is 6.27. The van der Waals surface area contributed by atoms with Crippen LogP contribution in [0.4, 0.5) is 0 Å². The van der Waals surface area contributed by atoms with Crippen molar-refractivity contribution >= 4 is 7.82 Å². The minimum atomic E-state index is -5.39. The topological polar surface area (TPSA) is 106 Å². The monoisotopic (exact) mass is 294 g/mol. The molecule has 0 atom stereocenters. The Labute approximate surface area is 170 Å². The van der Waals surface area contributed by atoms with Crippen LogP contribution in [0.3, 0.4) is 0 Å². The maximum absolute atomic E-state index is 8.55. The molecular weight excluding hydrogens is 276 g/mol. The molecule has 0 amide bonds. The van der Waals surface area contributed by atoms with Crippen molar-refractivity contribution in [3.63, 3.8) is 0 Å². The minimum absolute atomic E-state index is 0. The molecule has 0 radical (unpaired) electrons. The van der Waals surface area contributed by atoms with E-state index in [2.05, 4.69) is 13.8 Å². The third-order valence-corrected chi connectivity index (χ3v) is 1.44. The van der Waals surface area contributed by atoms with Crippen molar-refractivity contribution < 1.29 is 113 Å². The van der Waals surface area contributed by atoms with Crippen molar-refractivity contribution in [2.75, 3.05) is 6.61 Å². The van der Waals surface area contributed by atoms with Crippen LogP contribution in [0.1, 0.15) is 39.5 Å². The SMILES string of the molecule is CC(C)CCCCCO.O=P([O-])([O-])[O-].[Na+].[Na+].[Na+]. The largest absolute Gasteiger partial charge is 1.00 e. The van der Waals surface area contributed by atoms with Crippen molar-refractivity contribution in [1.82, 2.24) is 0 Å². The molecule has 5 nitrogen and oxygen atoms in total. The van der Waals surface area contributed by atoms with Gasteiger partial charge in [-0.15, -0.1) is 0 Å². The second-order valence-corrected chi connectivity index (χ2v) is 4.31. The second kappa shape index (κ2) is 21.4. The van der Waals surface area contributed by atoms with Crippen LogP contribution in [-0.4, -0.2) is 11.7 Å². The number of aliphatic hydroxyl groups is 1. The molecule has 0 aromatic heterocycles. The van der Waals surface area contributed by atoms with Crippen LogP contribution in [0.25, 0.3) is 0 Å². The molecule has 9 heteroatoms. The van der Waals surface area contributed by atoms with Gasteiger partial charge in [0.05, 0.1) is 0 Å². The average molecular weight is 294 g/mol. The predicted molar refractivity (Wildman–Crippen MR) is 48.0 cm³/mol. The zero-order chi connectivity index (χ0) is 11.6. The summed E-state index contributed by atoms with van der Waals surface area (Å²) in [5.74, 6) is 0.823. The van der Waals surface area contributed by atoms with Gasteiger partial charge >= 0.3 is 88.7 Å². The molecule has 0 aliphatic carbocycles. The van der Waals surface area contributed by atoms with Gasteiger partial charge < -0.3 is 24.4 Å². The van der Waals surface area contributed by atoms with Crippen LogP contribution in [0.15, 0.2) is 0 Å². The predicted octanol–water partition coefficient (Wildman–Crippen LogP) is -9.62. The van der Waals surface area contributed by atoms with E-state index in [1.165, 1.54) is 19.3 Å². The van der Waals surface area contributed by atoms with Crippen LogP contribution in [-0.2, 0) is 4.57 Å². The summed E-state index contributed by atoms with van der Waals surface area (Å²) in [6.07, 6.45) is 4.75. The molecule has 0 saturated carbocycles. The van der Waals surface area contributed by atoms with E-state index in [-0.39, 0.29) is 88.7 Å². The first-order valence-electron chi connectivity index (χ1n) is 4.61. The van der Waals surface area contributed by atoms with E-state index in [9.17, 15) is 0 Å². The Hall–Kier alpha value is 3.07. The fraction of sp³-hybridized carbons (Fsp3) is 1.00. The molecule has 0 rings (SSSR count). The molecule has 17 heavy (non-hydrogen) atoms. The van der Waals surface area contributed by atoms with E-state index in [1.807, 2.05) is 0 Å². The molecule has 0 aromatic rings. The molecule has 0 aromatic carbocycles. The summed E-state index contributed by atoms with van der Waals surface area (Å²) in [6, 6.07) is 0. The standard InChI is InChI=1S/C8H18O.3Na.H3O4P/c1-8(2)6-4-3-5-7-9;;;;1-5(2,3)4/h8-9H,3-7H2,1-2H3;;;;(H3,1,2,3,4)/q;3*+1;/p-3. The Balaban J connectivity index is -0.0000000533. The van der Waals surface area contributed by atoms with E-state index in [1.54, 1.807) is 0 Å². The fourth-order valence-electron chi connectivity index (χ4n) is 0.841. The fourth-order valence-corrected chi connectivity index (χ4v) is 0.841. The number of aliphatic hydroxyl groups excluding tert-OH is 1. The summed E-state index contributed by atoms with van der Waals surface area (Å²) in [6.45, 7) is 4.83. The number of rotatable bonds is 5. The molecule has 1 N–H and O–H groups in total. The van der Waals surface area contributed by atoms with Gasteiger partial charge in [-0.05, 0) is 12.3 Å². The Morgan fingerprint density at radius 2 is 1.35 bits per heavy atom. The van der Waals surface area contributed by atoms with Gasteiger partial charge in [-0.1, -0.05) is 33.1 Å². The maximum Gasteiger partial charge on any atom is 1.00 e. The van der Waals surface area contributed by atoms with E-state index in [4.69, 9.17) is 24.4 Å². The Morgan fingerprint density at radius 3 is 1.59 bits per heavy atom. The minimum Gasteiger partial charge on any atom is -0.822 e. The van der Waals surface area contributed by atoms with Crippen molar-refractivity contribution in [3.05, 3.63) is 0 Å². The van der Waals surface area contributed by atoms with Crippen molar-refractivity contribution in [2.45, 2.75) is 39.5 Å². The quantitative estimate of drug-likeness (QED) is 0.308. The van der Waals surface area contributed by atoms with Gasteiger partial charge in [0.1, 0.15) is 0 Å².